The number of carbonyl (C=O) groups excluding carboxylic acids is 1. The highest BCUT2D eigenvalue weighted by Crippen LogP contribution is 2.55. The molecule has 0 aromatic carbocycles. The van der Waals surface area contributed by atoms with Gasteiger partial charge in [-0.3, -0.25) is 4.79 Å². The molecule has 1 atom stereocenters. The fourth-order valence-electron chi connectivity index (χ4n) is 6.32. The normalized spacial score (nSPS) is 40.9. The second kappa shape index (κ2) is 4.84. The Kier molecular flexibility index (Phi) is 2.96. The quantitative estimate of drug-likeness (QED) is 0.909. The zero-order valence-electron chi connectivity index (χ0n) is 13.9. The van der Waals surface area contributed by atoms with Gasteiger partial charge in [-0.15, -0.1) is 0 Å². The van der Waals surface area contributed by atoms with Crippen LogP contribution >= 0.6 is 0 Å². The lowest BCUT2D eigenvalue weighted by Crippen LogP contribution is -2.60. The van der Waals surface area contributed by atoms with Crippen molar-refractivity contribution >= 4 is 5.91 Å². The minimum absolute atomic E-state index is 0.0195. The molecule has 1 amide bonds. The van der Waals surface area contributed by atoms with E-state index >= 15 is 0 Å². The van der Waals surface area contributed by atoms with Crippen LogP contribution in [0.4, 0.5) is 0 Å². The molecule has 4 heteroatoms. The van der Waals surface area contributed by atoms with Crippen molar-refractivity contribution in [3.63, 3.8) is 0 Å². The van der Waals surface area contributed by atoms with E-state index in [0.29, 0.717) is 11.6 Å². The summed E-state index contributed by atoms with van der Waals surface area (Å²) >= 11 is 0. The summed E-state index contributed by atoms with van der Waals surface area (Å²) in [5, 5.41) is 7.57. The second-order valence-electron chi connectivity index (χ2n) is 8.93. The molecular formula is C19H26N2O2. The van der Waals surface area contributed by atoms with E-state index in [1.54, 1.807) is 0 Å². The number of aromatic nitrogens is 1. The van der Waals surface area contributed by atoms with Gasteiger partial charge in [0.15, 0.2) is 5.69 Å². The number of rotatable bonds is 2. The first-order valence-electron chi connectivity index (χ1n) is 9.40. The lowest BCUT2D eigenvalue weighted by molar-refractivity contribution is -0.0168. The molecule has 0 aliphatic heterocycles. The van der Waals surface area contributed by atoms with Gasteiger partial charge in [0.25, 0.3) is 5.91 Å². The Morgan fingerprint density at radius 3 is 2.48 bits per heavy atom. The maximum Gasteiger partial charge on any atom is 0.274 e. The van der Waals surface area contributed by atoms with Gasteiger partial charge in [-0.25, -0.2) is 0 Å². The van der Waals surface area contributed by atoms with Crippen LogP contribution in [0.5, 0.6) is 0 Å². The van der Waals surface area contributed by atoms with Gasteiger partial charge >= 0.3 is 0 Å². The first kappa shape index (κ1) is 14.1. The van der Waals surface area contributed by atoms with Gasteiger partial charge < -0.3 is 9.84 Å². The average Bonchev–Trinajstić information content (AvgIpc) is 2.88. The highest BCUT2D eigenvalue weighted by atomic mass is 16.5. The summed E-state index contributed by atoms with van der Waals surface area (Å²) < 4.78 is 5.47. The molecular weight excluding hydrogens is 288 g/mol. The zero-order valence-corrected chi connectivity index (χ0v) is 13.9. The fourth-order valence-corrected chi connectivity index (χ4v) is 6.32. The largest absolute Gasteiger partial charge is 0.360 e. The number of aryl methyl sites for hydroxylation is 1. The van der Waals surface area contributed by atoms with E-state index in [0.717, 1.165) is 48.3 Å². The lowest BCUT2D eigenvalue weighted by atomic mass is 9.53. The zero-order chi connectivity index (χ0) is 15.6. The molecule has 1 aromatic heterocycles. The third kappa shape index (κ3) is 2.25. The first-order chi connectivity index (χ1) is 11.1. The van der Waals surface area contributed by atoms with E-state index in [1.165, 1.54) is 38.5 Å². The molecule has 4 fully saturated rings. The van der Waals surface area contributed by atoms with Crippen LogP contribution in [0.1, 0.15) is 73.7 Å². The standard InChI is InChI=1S/C19H26N2O2/c1-11-2-3-16-15(4-11)17(21-23-16)18(22)20-19-8-12-5-13(9-19)7-14(6-12)10-19/h11-14H,2-10H2,1H3,(H,20,22)/t11-,12?,13?,14?,19?/m0/s1. The molecule has 5 aliphatic rings. The summed E-state index contributed by atoms with van der Waals surface area (Å²) in [7, 11) is 0. The molecule has 1 N–H and O–H groups in total. The van der Waals surface area contributed by atoms with Crippen molar-refractivity contribution in [1.29, 1.82) is 0 Å². The molecule has 6 rings (SSSR count). The van der Waals surface area contributed by atoms with Crippen molar-refractivity contribution in [2.24, 2.45) is 23.7 Å². The first-order valence-corrected chi connectivity index (χ1v) is 9.40. The Balaban J connectivity index is 1.39. The van der Waals surface area contributed by atoms with E-state index in [9.17, 15) is 4.79 Å². The number of amides is 1. The van der Waals surface area contributed by atoms with Crippen LogP contribution in [-0.4, -0.2) is 16.6 Å². The third-order valence-electron chi connectivity index (χ3n) is 6.92. The van der Waals surface area contributed by atoms with E-state index in [4.69, 9.17) is 4.52 Å². The van der Waals surface area contributed by atoms with Gasteiger partial charge in [-0.1, -0.05) is 12.1 Å². The molecule has 4 saturated carbocycles. The van der Waals surface area contributed by atoms with Crippen LogP contribution in [0.25, 0.3) is 0 Å². The monoisotopic (exact) mass is 314 g/mol. The van der Waals surface area contributed by atoms with Crippen molar-refractivity contribution < 1.29 is 9.32 Å². The molecule has 4 bridgehead atoms. The Morgan fingerprint density at radius 2 is 1.83 bits per heavy atom. The Bertz CT molecular complexity index is 613. The van der Waals surface area contributed by atoms with Gasteiger partial charge in [-0.2, -0.15) is 0 Å². The van der Waals surface area contributed by atoms with Crippen LogP contribution in [0.15, 0.2) is 4.52 Å². The van der Waals surface area contributed by atoms with Gasteiger partial charge in [0.2, 0.25) is 0 Å². The van der Waals surface area contributed by atoms with Crippen LogP contribution in [0, 0.1) is 23.7 Å². The molecule has 1 aromatic rings. The number of hydrogen-bond acceptors (Lipinski definition) is 3. The van der Waals surface area contributed by atoms with Crippen molar-refractivity contribution in [3.8, 4) is 0 Å². The summed E-state index contributed by atoms with van der Waals surface area (Å²) in [6, 6.07) is 0. The molecule has 23 heavy (non-hydrogen) atoms. The third-order valence-corrected chi connectivity index (χ3v) is 6.92. The molecule has 124 valence electrons. The SMILES string of the molecule is C[C@H]1CCc2onc(C(=O)NC34CC5CC(CC(C5)C3)C4)c2C1. The van der Waals surface area contributed by atoms with Crippen LogP contribution in [0.2, 0.25) is 0 Å². The van der Waals surface area contributed by atoms with E-state index in [-0.39, 0.29) is 11.4 Å². The molecule has 1 heterocycles. The lowest BCUT2D eigenvalue weighted by Gasteiger charge is -2.56. The summed E-state index contributed by atoms with van der Waals surface area (Å²) in [5.74, 6) is 4.10. The minimum atomic E-state index is 0.0195. The van der Waals surface area contributed by atoms with Crippen molar-refractivity contribution in [1.82, 2.24) is 10.5 Å². The highest BCUT2D eigenvalue weighted by molar-refractivity contribution is 5.94. The molecule has 0 radical (unpaired) electrons. The minimum Gasteiger partial charge on any atom is -0.360 e. The van der Waals surface area contributed by atoms with Crippen LogP contribution < -0.4 is 5.32 Å². The van der Waals surface area contributed by atoms with Gasteiger partial charge in [-0.05, 0) is 75.0 Å². The van der Waals surface area contributed by atoms with Gasteiger partial charge in [0.05, 0.1) is 0 Å². The molecule has 0 unspecified atom stereocenters. The fraction of sp³-hybridized carbons (Fsp3) is 0.789. The number of hydrogen-bond donors (Lipinski definition) is 1. The number of nitrogens with one attached hydrogen (secondary N) is 1. The Morgan fingerprint density at radius 1 is 1.17 bits per heavy atom. The number of carbonyl (C=O) groups is 1. The number of nitrogens with zero attached hydrogens (tertiary/aromatic N) is 1. The van der Waals surface area contributed by atoms with Gasteiger partial charge in [0.1, 0.15) is 5.76 Å². The molecule has 5 aliphatic carbocycles. The highest BCUT2D eigenvalue weighted by Gasteiger charge is 2.51. The second-order valence-corrected chi connectivity index (χ2v) is 8.93. The smallest absolute Gasteiger partial charge is 0.274 e. The topological polar surface area (TPSA) is 55.1 Å². The maximum absolute atomic E-state index is 12.9. The maximum atomic E-state index is 12.9. The van der Waals surface area contributed by atoms with Crippen molar-refractivity contribution in [3.05, 3.63) is 17.0 Å². The molecule has 0 saturated heterocycles. The predicted octanol–water partition coefficient (Wildman–Crippen LogP) is 3.50. The van der Waals surface area contributed by atoms with Crippen molar-refractivity contribution in [2.45, 2.75) is 70.3 Å². The Hall–Kier alpha value is -1.32. The predicted molar refractivity (Wildman–Crippen MR) is 86.1 cm³/mol. The van der Waals surface area contributed by atoms with E-state index in [2.05, 4.69) is 17.4 Å². The Labute approximate surface area is 137 Å². The summed E-state index contributed by atoms with van der Waals surface area (Å²) in [4.78, 5) is 12.9. The van der Waals surface area contributed by atoms with Crippen LogP contribution in [0.3, 0.4) is 0 Å². The average molecular weight is 314 g/mol. The summed E-state index contributed by atoms with van der Waals surface area (Å²) in [5.41, 5.74) is 1.70. The summed E-state index contributed by atoms with van der Waals surface area (Å²) in [6.45, 7) is 2.25. The van der Waals surface area contributed by atoms with Crippen LogP contribution in [-0.2, 0) is 12.8 Å². The van der Waals surface area contributed by atoms with E-state index < -0.39 is 0 Å². The van der Waals surface area contributed by atoms with Crippen molar-refractivity contribution in [2.75, 3.05) is 0 Å². The summed E-state index contributed by atoms with van der Waals surface area (Å²) in [6.07, 6.45) is 10.7. The van der Waals surface area contributed by atoms with E-state index in [1.807, 2.05) is 0 Å². The molecule has 4 nitrogen and oxygen atoms in total. The molecule has 0 spiro atoms. The van der Waals surface area contributed by atoms with Gasteiger partial charge in [0, 0.05) is 17.5 Å². The number of fused-ring (bicyclic) bond motifs is 1.